The number of hydrogen-bond donors (Lipinski definition) is 4. The second-order valence-electron chi connectivity index (χ2n) is 17.4. The maximum atomic E-state index is 14.9. The number of amides is 5. The number of aromatic nitrogens is 1. The summed E-state index contributed by atoms with van der Waals surface area (Å²) in [5.41, 5.74) is 1.30. The molecular formula is C42H59N7O7S. The predicted molar refractivity (Wildman–Crippen MR) is 216 cm³/mol. The molecule has 1 saturated carbocycles. The number of pyridine rings is 1. The van der Waals surface area contributed by atoms with Gasteiger partial charge >= 0.3 is 6.03 Å². The molecule has 2 heterocycles. The predicted octanol–water partition coefficient (Wildman–Crippen LogP) is 3.23. The van der Waals surface area contributed by atoms with Crippen molar-refractivity contribution < 1.29 is 32.4 Å². The molecular weight excluding hydrogens is 747 g/mol. The molecule has 1 aromatic carbocycles. The molecule has 4 N–H and O–H groups in total. The Labute approximate surface area is 337 Å². The summed E-state index contributed by atoms with van der Waals surface area (Å²) in [5, 5.41) is 11.2. The number of sulfonamides is 1. The molecule has 1 aromatic heterocycles. The van der Waals surface area contributed by atoms with E-state index < -0.39 is 69.1 Å². The van der Waals surface area contributed by atoms with Crippen LogP contribution in [0.15, 0.2) is 66.3 Å². The molecule has 2 aromatic rings. The van der Waals surface area contributed by atoms with Crippen LogP contribution in [-0.2, 0) is 42.0 Å². The van der Waals surface area contributed by atoms with Gasteiger partial charge in [-0.1, -0.05) is 90.8 Å². The fourth-order valence-electron chi connectivity index (χ4n) is 8.44. The van der Waals surface area contributed by atoms with E-state index in [0.29, 0.717) is 25.8 Å². The number of unbranched alkanes of at least 4 members (excludes halogenated alkanes) is 1. The van der Waals surface area contributed by atoms with E-state index in [9.17, 15) is 32.4 Å². The van der Waals surface area contributed by atoms with Gasteiger partial charge in [-0.05, 0) is 71.1 Å². The summed E-state index contributed by atoms with van der Waals surface area (Å²) in [7, 11) is -2.54. The van der Waals surface area contributed by atoms with Crippen LogP contribution in [0.2, 0.25) is 0 Å². The molecule has 0 spiro atoms. The number of benzene rings is 1. The number of likely N-dealkylation sites (tertiary alicyclic amines) is 1. The lowest BCUT2D eigenvalue weighted by Gasteiger charge is -2.37. The zero-order valence-electron chi connectivity index (χ0n) is 34.2. The number of rotatable bonds is 17. The first-order valence-electron chi connectivity index (χ1n) is 19.9. The van der Waals surface area contributed by atoms with E-state index in [-0.39, 0.29) is 47.7 Å². The van der Waals surface area contributed by atoms with Crippen molar-refractivity contribution in [3.05, 3.63) is 72.4 Å². The highest BCUT2D eigenvalue weighted by Crippen LogP contribution is 2.65. The molecule has 1 aliphatic heterocycles. The molecule has 5 rings (SSSR count). The number of nitrogens with zero attached hydrogens (tertiary/aromatic N) is 3. The number of urea groups is 1. The quantitative estimate of drug-likeness (QED) is 0.139. The van der Waals surface area contributed by atoms with Crippen molar-refractivity contribution in [3.8, 4) is 0 Å². The second-order valence-corrected chi connectivity index (χ2v) is 19.4. The van der Waals surface area contributed by atoms with E-state index in [1.165, 1.54) is 25.4 Å². The first kappa shape index (κ1) is 43.5. The lowest BCUT2D eigenvalue weighted by atomic mass is 9.86. The molecule has 15 heteroatoms. The molecule has 2 aliphatic carbocycles. The van der Waals surface area contributed by atoms with Crippen molar-refractivity contribution in [3.63, 3.8) is 0 Å². The van der Waals surface area contributed by atoms with Gasteiger partial charge in [-0.25, -0.2) is 18.2 Å². The summed E-state index contributed by atoms with van der Waals surface area (Å²) >= 11 is 0. The lowest BCUT2D eigenvalue weighted by molar-refractivity contribution is -0.144. The largest absolute Gasteiger partial charge is 0.346 e. The van der Waals surface area contributed by atoms with Gasteiger partial charge in [0.1, 0.15) is 12.1 Å². The topological polar surface area (TPSA) is 187 Å². The number of fused-ring (bicyclic) bond motifs is 2. The average molecular weight is 806 g/mol. The van der Waals surface area contributed by atoms with Crippen molar-refractivity contribution in [2.24, 2.45) is 28.6 Å². The van der Waals surface area contributed by atoms with Crippen LogP contribution in [0.25, 0.3) is 0 Å². The standard InChI is InChI=1S/C42H59N7O7S/c1-9-11-18-30(36(50)38(52)44-20-10-2)45-37(51)35-33-29(42(33,6)7)24-49(35)39(53)34(28-22-26-16-12-13-17-27(26)23-28)47-40(54)46-31(41(3,4)5)25-48(8)57(55,56)32-19-14-15-21-43-32/h10,12-17,19,21,28-31,33-35H,2,9,11,18,20,22-25H2,1,3-8H3,(H,44,52)(H,45,51)(H2,46,47,54)/t29-,30+,31+,33-,34-,35-/m0/s1. The van der Waals surface area contributed by atoms with E-state index in [4.69, 9.17) is 0 Å². The third kappa shape index (κ3) is 9.57. The maximum absolute atomic E-state index is 14.9. The van der Waals surface area contributed by atoms with Crippen LogP contribution >= 0.6 is 0 Å². The number of Topliss-reactive ketones (excluding diaryl/α,β-unsaturated/α-hetero) is 1. The minimum Gasteiger partial charge on any atom is -0.346 e. The van der Waals surface area contributed by atoms with Gasteiger partial charge in [0.15, 0.2) is 5.03 Å². The maximum Gasteiger partial charge on any atom is 0.315 e. The van der Waals surface area contributed by atoms with E-state index in [0.717, 1.165) is 21.9 Å². The van der Waals surface area contributed by atoms with Crippen LogP contribution in [0.1, 0.15) is 71.9 Å². The van der Waals surface area contributed by atoms with Gasteiger partial charge in [-0.3, -0.25) is 19.2 Å². The van der Waals surface area contributed by atoms with E-state index in [1.807, 2.05) is 52.0 Å². The summed E-state index contributed by atoms with van der Waals surface area (Å²) in [6.07, 6.45) is 5.52. The fourth-order valence-corrected chi connectivity index (χ4v) is 9.55. The number of hydrogen-bond acceptors (Lipinski definition) is 8. The zero-order chi connectivity index (χ0) is 41.9. The van der Waals surface area contributed by atoms with Crippen molar-refractivity contribution in [1.82, 2.24) is 35.5 Å². The normalized spacial score (nSPS) is 21.4. The van der Waals surface area contributed by atoms with Gasteiger partial charge in [0, 0.05) is 38.9 Å². The molecule has 5 amide bonds. The molecule has 310 valence electrons. The van der Waals surface area contributed by atoms with Crippen LogP contribution < -0.4 is 21.3 Å². The summed E-state index contributed by atoms with van der Waals surface area (Å²) in [4.78, 5) is 74.9. The second kappa shape index (κ2) is 17.5. The van der Waals surface area contributed by atoms with Crippen LogP contribution in [0.3, 0.4) is 0 Å². The monoisotopic (exact) mass is 805 g/mol. The molecule has 0 bridgehead atoms. The molecule has 57 heavy (non-hydrogen) atoms. The van der Waals surface area contributed by atoms with Crippen molar-refractivity contribution in [2.75, 3.05) is 26.7 Å². The van der Waals surface area contributed by atoms with Gasteiger partial charge in [-0.2, -0.15) is 4.31 Å². The van der Waals surface area contributed by atoms with Gasteiger partial charge in [-0.15, -0.1) is 6.58 Å². The molecule has 0 radical (unpaired) electrons. The molecule has 3 aliphatic rings. The molecule has 2 fully saturated rings. The highest BCUT2D eigenvalue weighted by molar-refractivity contribution is 7.89. The van der Waals surface area contributed by atoms with Gasteiger partial charge in [0.05, 0.1) is 6.04 Å². The summed E-state index contributed by atoms with van der Waals surface area (Å²) in [5.74, 6) is -2.98. The molecule has 14 nitrogen and oxygen atoms in total. The third-order valence-corrected chi connectivity index (χ3v) is 13.8. The number of carbonyl (C=O) groups is 5. The van der Waals surface area contributed by atoms with Crippen molar-refractivity contribution >= 4 is 39.6 Å². The summed E-state index contributed by atoms with van der Waals surface area (Å²) in [6, 6.07) is 8.16. The number of carbonyl (C=O) groups excluding carboxylic acids is 5. The highest BCUT2D eigenvalue weighted by Gasteiger charge is 2.70. The molecule has 0 unspecified atom stereocenters. The number of ketones is 1. The fraction of sp³-hybridized carbons (Fsp3) is 0.571. The number of likely N-dealkylation sites (N-methyl/N-ethyl adjacent to an activating group) is 1. The Kier molecular flexibility index (Phi) is 13.3. The summed E-state index contributed by atoms with van der Waals surface area (Å²) in [6.45, 7) is 15.6. The molecule has 1 saturated heterocycles. The molecule has 6 atom stereocenters. The first-order valence-corrected chi connectivity index (χ1v) is 21.3. The van der Waals surface area contributed by atoms with Gasteiger partial charge < -0.3 is 26.2 Å². The number of nitrogens with one attached hydrogen (secondary N) is 4. The van der Waals surface area contributed by atoms with E-state index >= 15 is 0 Å². The first-order chi connectivity index (χ1) is 26.8. The Morgan fingerprint density at radius 2 is 1.67 bits per heavy atom. The Bertz CT molecular complexity index is 1920. The zero-order valence-corrected chi connectivity index (χ0v) is 35.0. The van der Waals surface area contributed by atoms with Crippen LogP contribution in [0.4, 0.5) is 4.79 Å². The number of piperidine rings is 1. The SMILES string of the molecule is C=CCNC(=O)C(=O)[C@@H](CCCC)NC(=O)[C@@H]1[C@@H]2[C@H](CN1C(=O)[C@@H](NC(=O)N[C@H](CN(C)S(=O)(=O)c1ccccn1)C(C)(C)C)C1Cc3ccccc3C1)C2(C)C. The van der Waals surface area contributed by atoms with Crippen molar-refractivity contribution in [2.45, 2.75) is 103 Å². The van der Waals surface area contributed by atoms with Crippen molar-refractivity contribution in [1.29, 1.82) is 0 Å². The van der Waals surface area contributed by atoms with Gasteiger partial charge in [0.25, 0.3) is 15.9 Å². The average Bonchev–Trinajstić information content (AvgIpc) is 3.52. The minimum absolute atomic E-state index is 0.0231. The highest BCUT2D eigenvalue weighted by atomic mass is 32.2. The Morgan fingerprint density at radius 3 is 2.25 bits per heavy atom. The summed E-state index contributed by atoms with van der Waals surface area (Å²) < 4.78 is 27.9. The Morgan fingerprint density at radius 1 is 1.02 bits per heavy atom. The van der Waals surface area contributed by atoms with E-state index in [1.54, 1.807) is 17.0 Å². The minimum atomic E-state index is -3.97. The Balaban J connectivity index is 1.40. The lowest BCUT2D eigenvalue weighted by Crippen LogP contribution is -2.61. The van der Waals surface area contributed by atoms with Gasteiger partial charge in [0.2, 0.25) is 17.6 Å². The smallest absolute Gasteiger partial charge is 0.315 e. The van der Waals surface area contributed by atoms with Crippen LogP contribution in [0.5, 0.6) is 0 Å². The van der Waals surface area contributed by atoms with Crippen LogP contribution in [-0.4, -0.2) is 103 Å². The Hall–Kier alpha value is -4.63. The van der Waals surface area contributed by atoms with E-state index in [2.05, 4.69) is 46.7 Å². The van der Waals surface area contributed by atoms with Crippen LogP contribution in [0, 0.1) is 28.6 Å². The third-order valence-electron chi connectivity index (χ3n) is 12.1.